The summed E-state index contributed by atoms with van der Waals surface area (Å²) in [5, 5.41) is 0. The second kappa shape index (κ2) is 5.59. The topological polar surface area (TPSA) is 53.7 Å². The Labute approximate surface area is 108 Å². The van der Waals surface area contributed by atoms with E-state index in [1.807, 2.05) is 6.07 Å². The molecule has 1 fully saturated rings. The molecule has 0 spiro atoms. The minimum absolute atomic E-state index is 0.0845. The Hall–Kier alpha value is -1.26. The highest BCUT2D eigenvalue weighted by Gasteiger charge is 2.40. The molecule has 1 aromatic carbocycles. The lowest BCUT2D eigenvalue weighted by molar-refractivity contribution is -0.0650. The van der Waals surface area contributed by atoms with Gasteiger partial charge in [0.25, 0.3) is 0 Å². The first kappa shape index (κ1) is 13.2. The SMILES string of the molecule is COc1cc(OC)cc(C2(CCCN)COC2)c1. The van der Waals surface area contributed by atoms with Crippen molar-refractivity contribution < 1.29 is 14.2 Å². The summed E-state index contributed by atoms with van der Waals surface area (Å²) in [6.07, 6.45) is 2.04. The maximum Gasteiger partial charge on any atom is 0.122 e. The van der Waals surface area contributed by atoms with Crippen LogP contribution in [-0.2, 0) is 10.2 Å². The van der Waals surface area contributed by atoms with Crippen LogP contribution in [0.2, 0.25) is 0 Å². The molecule has 1 aliphatic rings. The van der Waals surface area contributed by atoms with Gasteiger partial charge in [0.2, 0.25) is 0 Å². The Balaban J connectivity index is 2.29. The molecule has 0 unspecified atom stereocenters. The van der Waals surface area contributed by atoms with Gasteiger partial charge in [-0.25, -0.2) is 0 Å². The second-order valence-corrected chi connectivity index (χ2v) is 4.77. The molecule has 18 heavy (non-hydrogen) atoms. The molecule has 1 heterocycles. The van der Waals surface area contributed by atoms with Crippen molar-refractivity contribution in [3.05, 3.63) is 23.8 Å². The minimum atomic E-state index is 0.0845. The van der Waals surface area contributed by atoms with Crippen molar-refractivity contribution in [2.75, 3.05) is 34.0 Å². The number of benzene rings is 1. The minimum Gasteiger partial charge on any atom is -0.497 e. The van der Waals surface area contributed by atoms with E-state index in [2.05, 4.69) is 12.1 Å². The fourth-order valence-electron chi connectivity index (χ4n) is 2.36. The van der Waals surface area contributed by atoms with Gasteiger partial charge in [-0.2, -0.15) is 0 Å². The third-order valence-electron chi connectivity index (χ3n) is 3.58. The maximum absolute atomic E-state index is 5.61. The van der Waals surface area contributed by atoms with Crippen molar-refractivity contribution in [3.8, 4) is 11.5 Å². The Morgan fingerprint density at radius 3 is 2.17 bits per heavy atom. The van der Waals surface area contributed by atoms with Crippen LogP contribution >= 0.6 is 0 Å². The number of hydrogen-bond acceptors (Lipinski definition) is 4. The zero-order chi connectivity index (χ0) is 13.0. The van der Waals surface area contributed by atoms with Gasteiger partial charge in [0.15, 0.2) is 0 Å². The molecule has 0 saturated carbocycles. The first-order valence-electron chi connectivity index (χ1n) is 6.25. The summed E-state index contributed by atoms with van der Waals surface area (Å²) in [6.45, 7) is 2.22. The van der Waals surface area contributed by atoms with E-state index in [9.17, 15) is 0 Å². The maximum atomic E-state index is 5.61. The van der Waals surface area contributed by atoms with Gasteiger partial charge >= 0.3 is 0 Å². The molecule has 4 nitrogen and oxygen atoms in total. The molecule has 0 atom stereocenters. The molecule has 1 saturated heterocycles. The average Bonchev–Trinajstić information content (AvgIpc) is 2.37. The van der Waals surface area contributed by atoms with Crippen LogP contribution in [0.5, 0.6) is 11.5 Å². The van der Waals surface area contributed by atoms with Crippen LogP contribution in [-0.4, -0.2) is 34.0 Å². The fraction of sp³-hybridized carbons (Fsp3) is 0.571. The Morgan fingerprint density at radius 2 is 1.78 bits per heavy atom. The summed E-state index contributed by atoms with van der Waals surface area (Å²) >= 11 is 0. The van der Waals surface area contributed by atoms with Crippen LogP contribution in [0.25, 0.3) is 0 Å². The number of hydrogen-bond donors (Lipinski definition) is 1. The highest BCUT2D eigenvalue weighted by atomic mass is 16.5. The molecule has 0 aliphatic carbocycles. The second-order valence-electron chi connectivity index (χ2n) is 4.77. The summed E-state index contributed by atoms with van der Waals surface area (Å²) in [6, 6.07) is 6.03. The Morgan fingerprint density at radius 1 is 1.17 bits per heavy atom. The van der Waals surface area contributed by atoms with Crippen LogP contribution in [0.15, 0.2) is 18.2 Å². The van der Waals surface area contributed by atoms with Gasteiger partial charge in [0.05, 0.1) is 27.4 Å². The van der Waals surface area contributed by atoms with E-state index in [4.69, 9.17) is 19.9 Å². The highest BCUT2D eigenvalue weighted by molar-refractivity contribution is 5.43. The van der Waals surface area contributed by atoms with Gasteiger partial charge in [0, 0.05) is 11.5 Å². The van der Waals surface area contributed by atoms with Crippen LogP contribution in [0.4, 0.5) is 0 Å². The van der Waals surface area contributed by atoms with Gasteiger partial charge in [0.1, 0.15) is 11.5 Å². The average molecular weight is 251 g/mol. The fourth-order valence-corrected chi connectivity index (χ4v) is 2.36. The number of ether oxygens (including phenoxy) is 3. The summed E-state index contributed by atoms with van der Waals surface area (Å²) in [4.78, 5) is 0. The molecule has 100 valence electrons. The number of methoxy groups -OCH3 is 2. The lowest BCUT2D eigenvalue weighted by Gasteiger charge is -2.42. The lowest BCUT2D eigenvalue weighted by Crippen LogP contribution is -2.47. The summed E-state index contributed by atoms with van der Waals surface area (Å²) in [5.74, 6) is 1.65. The molecule has 1 aromatic rings. The Bertz CT molecular complexity index is 380. The first-order chi connectivity index (χ1) is 8.74. The molecule has 0 bridgehead atoms. The standard InChI is InChI=1S/C14H21NO3/c1-16-12-6-11(7-13(8-12)17-2)14(4-3-5-15)9-18-10-14/h6-8H,3-5,9-10,15H2,1-2H3. The third-order valence-corrected chi connectivity index (χ3v) is 3.58. The normalized spacial score (nSPS) is 17.1. The molecule has 2 N–H and O–H groups in total. The van der Waals surface area contributed by atoms with E-state index < -0.39 is 0 Å². The van der Waals surface area contributed by atoms with Gasteiger partial charge < -0.3 is 19.9 Å². The number of rotatable bonds is 6. The predicted octanol–water partition coefficient (Wildman–Crippen LogP) is 1.71. The molecule has 0 aromatic heterocycles. The zero-order valence-corrected chi connectivity index (χ0v) is 11.1. The van der Waals surface area contributed by atoms with E-state index in [1.165, 1.54) is 5.56 Å². The van der Waals surface area contributed by atoms with Crippen LogP contribution in [0.3, 0.4) is 0 Å². The van der Waals surface area contributed by atoms with E-state index in [0.29, 0.717) is 6.54 Å². The van der Waals surface area contributed by atoms with Gasteiger partial charge in [-0.3, -0.25) is 0 Å². The van der Waals surface area contributed by atoms with Crippen LogP contribution < -0.4 is 15.2 Å². The van der Waals surface area contributed by atoms with Crippen molar-refractivity contribution in [2.45, 2.75) is 18.3 Å². The quantitative estimate of drug-likeness (QED) is 0.836. The molecule has 4 heteroatoms. The van der Waals surface area contributed by atoms with Crippen molar-refractivity contribution >= 4 is 0 Å². The summed E-state index contributed by atoms with van der Waals surface area (Å²) < 4.78 is 16.1. The molecule has 0 amide bonds. The van der Waals surface area contributed by atoms with Gasteiger partial charge in [-0.1, -0.05) is 0 Å². The van der Waals surface area contributed by atoms with Crippen molar-refractivity contribution in [1.29, 1.82) is 0 Å². The van der Waals surface area contributed by atoms with Gasteiger partial charge in [-0.05, 0) is 37.1 Å². The largest absolute Gasteiger partial charge is 0.497 e. The van der Waals surface area contributed by atoms with E-state index in [-0.39, 0.29) is 5.41 Å². The van der Waals surface area contributed by atoms with Gasteiger partial charge in [-0.15, -0.1) is 0 Å². The van der Waals surface area contributed by atoms with E-state index in [0.717, 1.165) is 37.6 Å². The third kappa shape index (κ3) is 2.44. The number of nitrogens with two attached hydrogens (primary N) is 1. The van der Waals surface area contributed by atoms with Crippen molar-refractivity contribution in [1.82, 2.24) is 0 Å². The first-order valence-corrected chi connectivity index (χ1v) is 6.25. The monoisotopic (exact) mass is 251 g/mol. The molecule has 2 rings (SSSR count). The molecular weight excluding hydrogens is 230 g/mol. The van der Waals surface area contributed by atoms with Crippen LogP contribution in [0.1, 0.15) is 18.4 Å². The zero-order valence-electron chi connectivity index (χ0n) is 11.1. The molecule has 0 radical (unpaired) electrons. The van der Waals surface area contributed by atoms with E-state index in [1.54, 1.807) is 14.2 Å². The highest BCUT2D eigenvalue weighted by Crippen LogP contribution is 2.39. The van der Waals surface area contributed by atoms with Crippen LogP contribution in [0, 0.1) is 0 Å². The predicted molar refractivity (Wildman–Crippen MR) is 70.3 cm³/mol. The smallest absolute Gasteiger partial charge is 0.122 e. The molecule has 1 aliphatic heterocycles. The lowest BCUT2D eigenvalue weighted by atomic mass is 9.75. The summed E-state index contributed by atoms with van der Waals surface area (Å²) in [5.41, 5.74) is 6.92. The molecular formula is C14H21NO3. The van der Waals surface area contributed by atoms with Crippen molar-refractivity contribution in [3.63, 3.8) is 0 Å². The Kier molecular flexibility index (Phi) is 4.09. The van der Waals surface area contributed by atoms with E-state index >= 15 is 0 Å². The van der Waals surface area contributed by atoms with Crippen molar-refractivity contribution in [2.24, 2.45) is 5.73 Å². The summed E-state index contributed by atoms with van der Waals surface area (Å²) in [7, 11) is 3.34.